The summed E-state index contributed by atoms with van der Waals surface area (Å²) in [5.41, 5.74) is 0.412. The highest BCUT2D eigenvalue weighted by molar-refractivity contribution is 6.31. The average molecular weight is 272 g/mol. The summed E-state index contributed by atoms with van der Waals surface area (Å²) in [5, 5.41) is 11.7. The molecule has 98 valence electrons. The fourth-order valence-corrected chi connectivity index (χ4v) is 2.12. The molecule has 1 aromatic carbocycles. The predicted octanol–water partition coefficient (Wildman–Crippen LogP) is 2.37. The summed E-state index contributed by atoms with van der Waals surface area (Å²) in [6.07, 6.45) is 2.76. The van der Waals surface area contributed by atoms with Crippen LogP contribution >= 0.6 is 11.6 Å². The van der Waals surface area contributed by atoms with E-state index >= 15 is 0 Å². The summed E-state index contributed by atoms with van der Waals surface area (Å²) >= 11 is 5.62. The lowest BCUT2D eigenvalue weighted by atomic mass is 10.0. The van der Waals surface area contributed by atoms with Crippen LogP contribution in [-0.2, 0) is 0 Å². The van der Waals surface area contributed by atoms with E-state index in [4.69, 9.17) is 16.7 Å². The molecule has 1 aliphatic carbocycles. The van der Waals surface area contributed by atoms with E-state index in [0.29, 0.717) is 18.5 Å². The molecule has 0 saturated heterocycles. The fourth-order valence-electron chi connectivity index (χ4n) is 1.94. The van der Waals surface area contributed by atoms with Crippen molar-refractivity contribution in [3.63, 3.8) is 0 Å². The maximum atomic E-state index is 13.0. The number of aliphatic hydroxyl groups excluding tert-OH is 1. The zero-order chi connectivity index (χ0) is 13.2. The van der Waals surface area contributed by atoms with E-state index in [0.717, 1.165) is 12.8 Å². The molecule has 0 aliphatic heterocycles. The van der Waals surface area contributed by atoms with Gasteiger partial charge in [0.05, 0.1) is 5.02 Å². The number of amides is 1. The molecule has 1 amide bonds. The van der Waals surface area contributed by atoms with Gasteiger partial charge in [-0.3, -0.25) is 4.79 Å². The zero-order valence-electron chi connectivity index (χ0n) is 9.88. The molecule has 0 atom stereocenters. The second-order valence-electron chi connectivity index (χ2n) is 4.79. The first-order chi connectivity index (χ1) is 8.56. The number of aliphatic hydroxyl groups is 1. The highest BCUT2D eigenvalue weighted by Gasteiger charge is 2.41. The predicted molar refractivity (Wildman–Crippen MR) is 67.1 cm³/mol. The quantitative estimate of drug-likeness (QED) is 0.864. The van der Waals surface area contributed by atoms with E-state index in [2.05, 4.69) is 5.32 Å². The Kier molecular flexibility index (Phi) is 3.88. The number of carbonyl (C=O) groups is 1. The highest BCUT2D eigenvalue weighted by atomic mass is 35.5. The molecule has 0 unspecified atom stereocenters. The van der Waals surface area contributed by atoms with Crippen molar-refractivity contribution in [1.29, 1.82) is 0 Å². The number of nitrogens with one attached hydrogen (secondary N) is 1. The smallest absolute Gasteiger partial charge is 0.251 e. The van der Waals surface area contributed by atoms with Crippen molar-refractivity contribution >= 4 is 17.5 Å². The summed E-state index contributed by atoms with van der Waals surface area (Å²) in [7, 11) is 0. The number of carbonyl (C=O) groups excluding carboxylic acids is 1. The molecule has 5 heteroatoms. The Hall–Kier alpha value is -1.13. The largest absolute Gasteiger partial charge is 0.396 e. The van der Waals surface area contributed by atoms with Gasteiger partial charge in [0.15, 0.2) is 0 Å². The molecule has 1 aliphatic rings. The van der Waals surface area contributed by atoms with Gasteiger partial charge < -0.3 is 10.4 Å². The Morgan fingerprint density at radius 3 is 2.78 bits per heavy atom. The number of benzene rings is 1. The average Bonchev–Trinajstić information content (AvgIpc) is 3.11. The van der Waals surface area contributed by atoms with Crippen LogP contribution in [-0.4, -0.2) is 24.2 Å². The number of hydrogen-bond donors (Lipinski definition) is 2. The van der Waals surface area contributed by atoms with Crippen molar-refractivity contribution in [1.82, 2.24) is 5.32 Å². The fraction of sp³-hybridized carbons (Fsp3) is 0.462. The molecule has 0 aromatic heterocycles. The summed E-state index contributed by atoms with van der Waals surface area (Å²) in [5.74, 6) is -0.798. The van der Waals surface area contributed by atoms with Crippen LogP contribution in [0.3, 0.4) is 0 Å². The Labute approximate surface area is 110 Å². The van der Waals surface area contributed by atoms with Crippen LogP contribution in [0.25, 0.3) is 0 Å². The van der Waals surface area contributed by atoms with Crippen LogP contribution in [0.2, 0.25) is 5.02 Å². The molecule has 0 heterocycles. The molecule has 1 saturated carbocycles. The molecule has 2 N–H and O–H groups in total. The van der Waals surface area contributed by atoms with Gasteiger partial charge in [-0.05, 0) is 42.9 Å². The summed E-state index contributed by atoms with van der Waals surface area (Å²) in [6, 6.07) is 3.90. The minimum absolute atomic E-state index is 0.0563. The Morgan fingerprint density at radius 2 is 2.22 bits per heavy atom. The lowest BCUT2D eigenvalue weighted by Crippen LogP contribution is -2.30. The van der Waals surface area contributed by atoms with Crippen molar-refractivity contribution in [3.05, 3.63) is 34.6 Å². The molecule has 0 spiro atoms. The Balaban J connectivity index is 1.93. The molecular weight excluding hydrogens is 257 g/mol. The molecular formula is C13H15ClFNO2. The van der Waals surface area contributed by atoms with E-state index in [1.54, 1.807) is 0 Å². The van der Waals surface area contributed by atoms with E-state index in [9.17, 15) is 9.18 Å². The molecule has 18 heavy (non-hydrogen) atoms. The van der Waals surface area contributed by atoms with E-state index < -0.39 is 5.82 Å². The first kappa shape index (κ1) is 13.3. The van der Waals surface area contributed by atoms with Gasteiger partial charge in [-0.1, -0.05) is 11.6 Å². The molecule has 0 radical (unpaired) electrons. The van der Waals surface area contributed by atoms with Gasteiger partial charge in [0.2, 0.25) is 0 Å². The third-order valence-corrected chi connectivity index (χ3v) is 3.69. The maximum Gasteiger partial charge on any atom is 0.251 e. The Bertz CT molecular complexity index is 460. The van der Waals surface area contributed by atoms with Crippen LogP contribution in [0.15, 0.2) is 18.2 Å². The van der Waals surface area contributed by atoms with Crippen LogP contribution in [0.5, 0.6) is 0 Å². The first-order valence-electron chi connectivity index (χ1n) is 5.90. The number of halogens is 2. The molecule has 0 bridgehead atoms. The monoisotopic (exact) mass is 271 g/mol. The van der Waals surface area contributed by atoms with Gasteiger partial charge in [0, 0.05) is 18.7 Å². The molecule has 1 aromatic rings. The van der Waals surface area contributed by atoms with E-state index in [-0.39, 0.29) is 23.0 Å². The molecule has 1 fully saturated rings. The van der Waals surface area contributed by atoms with Crippen molar-refractivity contribution in [2.45, 2.75) is 19.3 Å². The third kappa shape index (κ3) is 3.00. The summed E-state index contributed by atoms with van der Waals surface area (Å²) in [4.78, 5) is 11.8. The lowest BCUT2D eigenvalue weighted by molar-refractivity contribution is 0.0941. The highest BCUT2D eigenvalue weighted by Crippen LogP contribution is 2.47. The van der Waals surface area contributed by atoms with Crippen LogP contribution in [0.4, 0.5) is 4.39 Å². The normalized spacial score (nSPS) is 16.4. The number of rotatable bonds is 5. The van der Waals surface area contributed by atoms with Crippen molar-refractivity contribution < 1.29 is 14.3 Å². The minimum Gasteiger partial charge on any atom is -0.396 e. The van der Waals surface area contributed by atoms with Gasteiger partial charge >= 0.3 is 0 Å². The van der Waals surface area contributed by atoms with Crippen molar-refractivity contribution in [3.8, 4) is 0 Å². The van der Waals surface area contributed by atoms with Crippen LogP contribution in [0, 0.1) is 11.2 Å². The molecule has 3 nitrogen and oxygen atoms in total. The second-order valence-corrected chi connectivity index (χ2v) is 5.19. The van der Waals surface area contributed by atoms with Crippen molar-refractivity contribution in [2.24, 2.45) is 5.41 Å². The van der Waals surface area contributed by atoms with Gasteiger partial charge in [-0.15, -0.1) is 0 Å². The van der Waals surface area contributed by atoms with Crippen molar-refractivity contribution in [2.75, 3.05) is 13.2 Å². The third-order valence-electron chi connectivity index (χ3n) is 3.40. The van der Waals surface area contributed by atoms with E-state index in [1.807, 2.05) is 0 Å². The second kappa shape index (κ2) is 5.24. The van der Waals surface area contributed by atoms with Gasteiger partial charge in [0.25, 0.3) is 5.91 Å². The maximum absolute atomic E-state index is 13.0. The van der Waals surface area contributed by atoms with Crippen LogP contribution in [0.1, 0.15) is 29.6 Å². The summed E-state index contributed by atoms with van der Waals surface area (Å²) < 4.78 is 13.0. The van der Waals surface area contributed by atoms with E-state index in [1.165, 1.54) is 18.2 Å². The van der Waals surface area contributed by atoms with Gasteiger partial charge in [0.1, 0.15) is 5.82 Å². The lowest BCUT2D eigenvalue weighted by Gasteiger charge is -2.14. The first-order valence-corrected chi connectivity index (χ1v) is 6.28. The number of hydrogen-bond acceptors (Lipinski definition) is 2. The van der Waals surface area contributed by atoms with Crippen LogP contribution < -0.4 is 5.32 Å². The van der Waals surface area contributed by atoms with Gasteiger partial charge in [-0.2, -0.15) is 0 Å². The topological polar surface area (TPSA) is 49.3 Å². The summed E-state index contributed by atoms with van der Waals surface area (Å²) in [6.45, 7) is 0.680. The zero-order valence-corrected chi connectivity index (χ0v) is 10.6. The van der Waals surface area contributed by atoms with Gasteiger partial charge in [-0.25, -0.2) is 4.39 Å². The standard InChI is InChI=1S/C13H15ClFNO2/c14-10-7-9(1-2-11(10)15)12(18)16-8-13(3-4-13)5-6-17/h1-2,7,17H,3-6,8H2,(H,16,18). The Morgan fingerprint density at radius 1 is 1.50 bits per heavy atom. The SMILES string of the molecule is O=C(NCC1(CCO)CC1)c1ccc(F)c(Cl)c1. The molecule has 2 rings (SSSR count). The minimum atomic E-state index is -0.535.